The molecule has 0 aliphatic heterocycles. The minimum Gasteiger partial charge on any atom is -0.480 e. The summed E-state index contributed by atoms with van der Waals surface area (Å²) in [6.07, 6.45) is 2.70. The van der Waals surface area contributed by atoms with Crippen molar-refractivity contribution in [3.63, 3.8) is 0 Å². The van der Waals surface area contributed by atoms with Gasteiger partial charge in [0, 0.05) is 5.92 Å². The molecule has 18 heavy (non-hydrogen) atoms. The summed E-state index contributed by atoms with van der Waals surface area (Å²) in [5.74, 6) is -1.23. The van der Waals surface area contributed by atoms with E-state index in [0.717, 1.165) is 19.3 Å². The van der Waals surface area contributed by atoms with Crippen molar-refractivity contribution in [2.24, 2.45) is 5.92 Å². The minimum atomic E-state index is -1.04. The Morgan fingerprint density at radius 2 is 2.00 bits per heavy atom. The lowest BCUT2D eigenvalue weighted by Crippen LogP contribution is -2.42. The largest absolute Gasteiger partial charge is 0.480 e. The molecule has 1 fully saturated rings. The summed E-state index contributed by atoms with van der Waals surface area (Å²) in [7, 11) is 0. The van der Waals surface area contributed by atoms with E-state index in [1.165, 1.54) is 4.90 Å². The third-order valence-corrected chi connectivity index (χ3v) is 3.24. The molecule has 5 nitrogen and oxygen atoms in total. The Kier molecular flexibility index (Phi) is 3.50. The van der Waals surface area contributed by atoms with E-state index in [4.69, 9.17) is 10.8 Å². The van der Waals surface area contributed by atoms with Gasteiger partial charge < -0.3 is 10.8 Å². The number of benzene rings is 1. The lowest BCUT2D eigenvalue weighted by Gasteiger charge is -2.31. The predicted octanol–water partition coefficient (Wildman–Crippen LogP) is 1.49. The van der Waals surface area contributed by atoms with Crippen molar-refractivity contribution in [3.8, 4) is 0 Å². The van der Waals surface area contributed by atoms with Crippen LogP contribution >= 0.6 is 0 Å². The first-order chi connectivity index (χ1) is 8.59. The second-order valence-electron chi connectivity index (χ2n) is 4.50. The van der Waals surface area contributed by atoms with Gasteiger partial charge in [0.1, 0.15) is 6.54 Å². The van der Waals surface area contributed by atoms with E-state index in [0.29, 0.717) is 11.4 Å². The standard InChI is InChI=1S/C13H16N2O3/c14-10-6-1-2-7-11(10)15(8-12(16)17)13(18)9-4-3-5-9/h1-2,6-7,9H,3-5,8,14H2,(H,16,17). The molecular weight excluding hydrogens is 232 g/mol. The average Bonchev–Trinajstić information content (AvgIpc) is 2.24. The van der Waals surface area contributed by atoms with Crippen LogP contribution in [0.4, 0.5) is 11.4 Å². The second-order valence-corrected chi connectivity index (χ2v) is 4.50. The van der Waals surface area contributed by atoms with E-state index in [2.05, 4.69) is 0 Å². The van der Waals surface area contributed by atoms with Crippen molar-refractivity contribution < 1.29 is 14.7 Å². The molecule has 5 heteroatoms. The number of carbonyl (C=O) groups is 2. The number of hydrogen-bond donors (Lipinski definition) is 2. The van der Waals surface area contributed by atoms with E-state index >= 15 is 0 Å². The first-order valence-electron chi connectivity index (χ1n) is 5.97. The Labute approximate surface area is 105 Å². The molecule has 0 unspecified atom stereocenters. The summed E-state index contributed by atoms with van der Waals surface area (Å²) in [6, 6.07) is 6.84. The zero-order valence-corrected chi connectivity index (χ0v) is 10.0. The number of nitrogens with zero attached hydrogens (tertiary/aromatic N) is 1. The lowest BCUT2D eigenvalue weighted by atomic mass is 9.84. The van der Waals surface area contributed by atoms with Crippen molar-refractivity contribution >= 4 is 23.3 Å². The minimum absolute atomic E-state index is 0.0519. The van der Waals surface area contributed by atoms with Crippen LogP contribution in [0.3, 0.4) is 0 Å². The number of nitrogen functional groups attached to an aromatic ring is 1. The highest BCUT2D eigenvalue weighted by molar-refractivity contribution is 6.01. The fourth-order valence-electron chi connectivity index (χ4n) is 2.03. The van der Waals surface area contributed by atoms with Gasteiger partial charge in [-0.1, -0.05) is 18.6 Å². The Hall–Kier alpha value is -2.04. The Morgan fingerprint density at radius 1 is 1.33 bits per heavy atom. The van der Waals surface area contributed by atoms with Crippen molar-refractivity contribution in [1.29, 1.82) is 0 Å². The fourth-order valence-corrected chi connectivity index (χ4v) is 2.03. The van der Waals surface area contributed by atoms with Crippen LogP contribution in [-0.4, -0.2) is 23.5 Å². The third-order valence-electron chi connectivity index (χ3n) is 3.24. The van der Waals surface area contributed by atoms with E-state index in [9.17, 15) is 9.59 Å². The Bertz CT molecular complexity index is 469. The van der Waals surface area contributed by atoms with Crippen molar-refractivity contribution in [2.75, 3.05) is 17.2 Å². The van der Waals surface area contributed by atoms with Gasteiger partial charge in [-0.15, -0.1) is 0 Å². The molecule has 1 aromatic carbocycles. The maximum Gasteiger partial charge on any atom is 0.323 e. The highest BCUT2D eigenvalue weighted by Gasteiger charge is 2.31. The molecule has 1 amide bonds. The number of aliphatic carboxylic acids is 1. The lowest BCUT2D eigenvalue weighted by molar-refractivity contribution is -0.137. The van der Waals surface area contributed by atoms with Crippen LogP contribution in [0.1, 0.15) is 19.3 Å². The van der Waals surface area contributed by atoms with Gasteiger partial charge in [0.15, 0.2) is 0 Å². The molecule has 0 radical (unpaired) electrons. The normalized spacial score (nSPS) is 14.9. The Morgan fingerprint density at radius 3 is 2.50 bits per heavy atom. The molecule has 96 valence electrons. The Balaban J connectivity index is 2.27. The average molecular weight is 248 g/mol. The van der Waals surface area contributed by atoms with Gasteiger partial charge in [0.05, 0.1) is 11.4 Å². The first kappa shape index (κ1) is 12.4. The second kappa shape index (κ2) is 5.08. The third kappa shape index (κ3) is 2.45. The first-order valence-corrected chi connectivity index (χ1v) is 5.97. The molecule has 0 aromatic heterocycles. The SMILES string of the molecule is Nc1ccccc1N(CC(=O)O)C(=O)C1CCC1. The fraction of sp³-hybridized carbons (Fsp3) is 0.385. The number of anilines is 2. The molecule has 1 aliphatic carbocycles. The van der Waals surface area contributed by atoms with Gasteiger partial charge in [-0.25, -0.2) is 0 Å². The van der Waals surface area contributed by atoms with Crippen LogP contribution in [0.2, 0.25) is 0 Å². The highest BCUT2D eigenvalue weighted by atomic mass is 16.4. The highest BCUT2D eigenvalue weighted by Crippen LogP contribution is 2.31. The van der Waals surface area contributed by atoms with Crippen molar-refractivity contribution in [2.45, 2.75) is 19.3 Å². The maximum atomic E-state index is 12.2. The summed E-state index contributed by atoms with van der Waals surface area (Å²) >= 11 is 0. The predicted molar refractivity (Wildman–Crippen MR) is 68.2 cm³/mol. The van der Waals surface area contributed by atoms with Crippen molar-refractivity contribution in [1.82, 2.24) is 0 Å². The quantitative estimate of drug-likeness (QED) is 0.791. The molecule has 1 aromatic rings. The van der Waals surface area contributed by atoms with E-state index in [1.54, 1.807) is 24.3 Å². The van der Waals surface area contributed by atoms with Gasteiger partial charge in [0.2, 0.25) is 5.91 Å². The van der Waals surface area contributed by atoms with Crippen LogP contribution in [0.15, 0.2) is 24.3 Å². The molecule has 1 aliphatic rings. The van der Waals surface area contributed by atoms with E-state index < -0.39 is 5.97 Å². The molecule has 0 atom stereocenters. The number of carboxylic acids is 1. The number of carbonyl (C=O) groups excluding carboxylic acids is 1. The summed E-state index contributed by atoms with van der Waals surface area (Å²) in [6.45, 7) is -0.344. The van der Waals surface area contributed by atoms with Gasteiger partial charge >= 0.3 is 5.97 Å². The zero-order valence-electron chi connectivity index (χ0n) is 10.0. The molecule has 2 rings (SSSR count). The summed E-state index contributed by atoms with van der Waals surface area (Å²) in [4.78, 5) is 24.4. The molecule has 0 bridgehead atoms. The summed E-state index contributed by atoms with van der Waals surface area (Å²) in [5.41, 5.74) is 6.71. The van der Waals surface area contributed by atoms with E-state index in [-0.39, 0.29) is 18.4 Å². The van der Waals surface area contributed by atoms with Crippen LogP contribution in [-0.2, 0) is 9.59 Å². The number of hydrogen-bond acceptors (Lipinski definition) is 3. The number of carboxylic acid groups (broad SMARTS) is 1. The zero-order chi connectivity index (χ0) is 13.1. The van der Waals surface area contributed by atoms with Gasteiger partial charge in [-0.05, 0) is 25.0 Å². The summed E-state index contributed by atoms with van der Waals surface area (Å²) < 4.78 is 0. The molecule has 1 saturated carbocycles. The molecule has 0 spiro atoms. The van der Waals surface area contributed by atoms with Crippen LogP contribution in [0.5, 0.6) is 0 Å². The smallest absolute Gasteiger partial charge is 0.323 e. The topological polar surface area (TPSA) is 83.6 Å². The molecule has 3 N–H and O–H groups in total. The van der Waals surface area contributed by atoms with E-state index in [1.807, 2.05) is 0 Å². The van der Waals surface area contributed by atoms with Gasteiger partial charge in [-0.3, -0.25) is 14.5 Å². The summed E-state index contributed by atoms with van der Waals surface area (Å²) in [5, 5.41) is 8.92. The van der Waals surface area contributed by atoms with Crippen LogP contribution < -0.4 is 10.6 Å². The number of nitrogens with two attached hydrogens (primary N) is 1. The van der Waals surface area contributed by atoms with Crippen LogP contribution in [0, 0.1) is 5.92 Å². The van der Waals surface area contributed by atoms with Gasteiger partial charge in [-0.2, -0.15) is 0 Å². The number of para-hydroxylation sites is 2. The molecular formula is C13H16N2O3. The number of amides is 1. The molecule has 0 heterocycles. The van der Waals surface area contributed by atoms with Crippen molar-refractivity contribution in [3.05, 3.63) is 24.3 Å². The number of rotatable bonds is 4. The molecule has 0 saturated heterocycles. The van der Waals surface area contributed by atoms with Crippen LogP contribution in [0.25, 0.3) is 0 Å². The van der Waals surface area contributed by atoms with Gasteiger partial charge in [0.25, 0.3) is 0 Å². The monoisotopic (exact) mass is 248 g/mol. The maximum absolute atomic E-state index is 12.2.